The van der Waals surface area contributed by atoms with E-state index in [1.807, 2.05) is 34.7 Å². The van der Waals surface area contributed by atoms with Crippen LogP contribution < -0.4 is 5.32 Å². The lowest BCUT2D eigenvalue weighted by Gasteiger charge is -2.17. The van der Waals surface area contributed by atoms with Crippen LogP contribution in [0.2, 0.25) is 0 Å². The molecule has 0 atom stereocenters. The average Bonchev–Trinajstić information content (AvgIpc) is 2.70. The number of hydrogen-bond donors (Lipinski definition) is 1. The van der Waals surface area contributed by atoms with Crippen LogP contribution >= 0.6 is 0 Å². The second kappa shape index (κ2) is 20.7. The number of rotatable bonds is 21. The summed E-state index contributed by atoms with van der Waals surface area (Å²) in [4.78, 5) is 25.5. The molecule has 0 aliphatic heterocycles. The van der Waals surface area contributed by atoms with E-state index in [2.05, 4.69) is 10.2 Å². The summed E-state index contributed by atoms with van der Waals surface area (Å²) < 4.78 is 21.4. The second-order valence-corrected chi connectivity index (χ2v) is 8.25. The van der Waals surface area contributed by atoms with Gasteiger partial charge < -0.3 is 29.2 Å². The molecule has 0 radical (unpaired) electrons. The highest BCUT2D eigenvalue weighted by Crippen LogP contribution is 2.02. The SMILES string of the molecule is CC(C)OCCNCCC(=O)OCCCCCCOC(=O)CCN(C)CCOC(C)C. The largest absolute Gasteiger partial charge is 0.466 e. The monoisotopic (exact) mass is 446 g/mol. The van der Waals surface area contributed by atoms with Crippen LogP contribution in [0.5, 0.6) is 0 Å². The lowest BCUT2D eigenvalue weighted by atomic mass is 10.2. The van der Waals surface area contributed by atoms with E-state index >= 15 is 0 Å². The van der Waals surface area contributed by atoms with Gasteiger partial charge in [-0.3, -0.25) is 9.59 Å². The van der Waals surface area contributed by atoms with E-state index in [-0.39, 0.29) is 24.1 Å². The van der Waals surface area contributed by atoms with Crippen molar-refractivity contribution in [2.45, 2.75) is 78.4 Å². The number of nitrogens with one attached hydrogen (secondary N) is 1. The van der Waals surface area contributed by atoms with Crippen LogP contribution in [-0.2, 0) is 28.5 Å². The Morgan fingerprint density at radius 3 is 1.84 bits per heavy atom. The van der Waals surface area contributed by atoms with E-state index in [0.29, 0.717) is 52.4 Å². The quantitative estimate of drug-likeness (QED) is 0.213. The average molecular weight is 447 g/mol. The summed E-state index contributed by atoms with van der Waals surface area (Å²) in [6.45, 7) is 13.0. The van der Waals surface area contributed by atoms with E-state index in [4.69, 9.17) is 18.9 Å². The predicted molar refractivity (Wildman–Crippen MR) is 122 cm³/mol. The van der Waals surface area contributed by atoms with E-state index in [1.165, 1.54) is 0 Å². The van der Waals surface area contributed by atoms with Gasteiger partial charge in [0.15, 0.2) is 0 Å². The molecule has 0 aromatic heterocycles. The van der Waals surface area contributed by atoms with Gasteiger partial charge in [-0.2, -0.15) is 0 Å². The first-order valence-electron chi connectivity index (χ1n) is 11.7. The van der Waals surface area contributed by atoms with Crippen molar-refractivity contribution in [2.24, 2.45) is 0 Å². The molecule has 0 amide bonds. The highest BCUT2D eigenvalue weighted by atomic mass is 16.5. The fraction of sp³-hybridized carbons (Fsp3) is 0.913. The molecule has 0 rings (SSSR count). The number of hydrogen-bond acceptors (Lipinski definition) is 8. The molecule has 0 aliphatic rings. The molecule has 184 valence electrons. The maximum atomic E-state index is 11.8. The zero-order valence-electron chi connectivity index (χ0n) is 20.5. The normalized spacial score (nSPS) is 11.5. The molecule has 1 N–H and O–H groups in total. The molecule has 31 heavy (non-hydrogen) atoms. The molecule has 0 aromatic rings. The molecule has 0 aliphatic carbocycles. The molecule has 0 saturated heterocycles. The molecule has 0 heterocycles. The summed E-state index contributed by atoms with van der Waals surface area (Å²) in [7, 11) is 1.98. The van der Waals surface area contributed by atoms with Gasteiger partial charge in [-0.15, -0.1) is 0 Å². The van der Waals surface area contributed by atoms with Gasteiger partial charge in [0, 0.05) is 26.2 Å². The summed E-state index contributed by atoms with van der Waals surface area (Å²) in [6.07, 6.45) is 4.80. The standard InChI is InChI=1S/C23H46N2O6/c1-20(2)28-18-13-24-12-10-22(26)30-16-8-6-7-9-17-31-23(27)11-14-25(5)15-19-29-21(3)4/h20-21,24H,6-19H2,1-5H3. The lowest BCUT2D eigenvalue weighted by Crippen LogP contribution is -2.27. The van der Waals surface area contributed by atoms with E-state index in [1.54, 1.807) is 0 Å². The fourth-order valence-corrected chi connectivity index (χ4v) is 2.59. The molecule has 0 spiro atoms. The first-order valence-corrected chi connectivity index (χ1v) is 11.7. The first-order chi connectivity index (χ1) is 14.8. The van der Waals surface area contributed by atoms with Crippen LogP contribution in [-0.4, -0.2) is 88.7 Å². The third-order valence-electron chi connectivity index (χ3n) is 4.42. The Labute approximate surface area is 189 Å². The van der Waals surface area contributed by atoms with E-state index in [0.717, 1.165) is 38.8 Å². The van der Waals surface area contributed by atoms with Crippen LogP contribution in [0.4, 0.5) is 0 Å². The topological polar surface area (TPSA) is 86.3 Å². The van der Waals surface area contributed by atoms with Crippen molar-refractivity contribution in [1.82, 2.24) is 10.2 Å². The van der Waals surface area contributed by atoms with Gasteiger partial charge >= 0.3 is 11.9 Å². The number of ether oxygens (including phenoxy) is 4. The van der Waals surface area contributed by atoms with Crippen molar-refractivity contribution < 1.29 is 28.5 Å². The van der Waals surface area contributed by atoms with Crippen LogP contribution in [0, 0.1) is 0 Å². The van der Waals surface area contributed by atoms with Gasteiger partial charge in [0.1, 0.15) is 0 Å². The molecule has 0 fully saturated rings. The fourth-order valence-electron chi connectivity index (χ4n) is 2.59. The van der Waals surface area contributed by atoms with Crippen molar-refractivity contribution in [1.29, 1.82) is 0 Å². The van der Waals surface area contributed by atoms with E-state index in [9.17, 15) is 9.59 Å². The summed E-state index contributed by atoms with van der Waals surface area (Å²) in [5.41, 5.74) is 0. The van der Waals surface area contributed by atoms with Gasteiger partial charge in [-0.1, -0.05) is 0 Å². The Bertz CT molecular complexity index is 446. The zero-order valence-corrected chi connectivity index (χ0v) is 20.5. The third kappa shape index (κ3) is 23.3. The minimum atomic E-state index is -0.174. The van der Waals surface area contributed by atoms with Gasteiger partial charge in [0.05, 0.1) is 51.5 Å². The maximum absolute atomic E-state index is 11.8. The molecular formula is C23H46N2O6. The van der Waals surface area contributed by atoms with Crippen molar-refractivity contribution in [3.05, 3.63) is 0 Å². The van der Waals surface area contributed by atoms with E-state index < -0.39 is 0 Å². The lowest BCUT2D eigenvalue weighted by molar-refractivity contribution is -0.145. The number of nitrogens with zero attached hydrogens (tertiary/aromatic N) is 1. The van der Waals surface area contributed by atoms with Crippen LogP contribution in [0.3, 0.4) is 0 Å². The van der Waals surface area contributed by atoms with Crippen LogP contribution in [0.15, 0.2) is 0 Å². The molecule has 8 nitrogen and oxygen atoms in total. The summed E-state index contributed by atoms with van der Waals surface area (Å²) in [5, 5.41) is 3.16. The van der Waals surface area contributed by atoms with Crippen molar-refractivity contribution in [3.63, 3.8) is 0 Å². The van der Waals surface area contributed by atoms with Crippen LogP contribution in [0.25, 0.3) is 0 Å². The highest BCUT2D eigenvalue weighted by Gasteiger charge is 2.06. The van der Waals surface area contributed by atoms with Gasteiger partial charge in [-0.25, -0.2) is 0 Å². The summed E-state index contributed by atoms with van der Waals surface area (Å²) in [5.74, 6) is -0.332. The maximum Gasteiger partial charge on any atom is 0.307 e. The molecule has 0 aromatic carbocycles. The Morgan fingerprint density at radius 1 is 0.710 bits per heavy atom. The number of esters is 2. The van der Waals surface area contributed by atoms with Crippen molar-refractivity contribution in [3.8, 4) is 0 Å². The van der Waals surface area contributed by atoms with Crippen molar-refractivity contribution >= 4 is 11.9 Å². The Hall–Kier alpha value is -1.22. The third-order valence-corrected chi connectivity index (χ3v) is 4.42. The molecular weight excluding hydrogens is 400 g/mol. The van der Waals surface area contributed by atoms with Crippen molar-refractivity contribution in [2.75, 3.05) is 59.7 Å². The zero-order chi connectivity index (χ0) is 23.3. The van der Waals surface area contributed by atoms with Gasteiger partial charge in [0.25, 0.3) is 0 Å². The molecule has 0 saturated carbocycles. The molecule has 0 bridgehead atoms. The number of unbranched alkanes of at least 4 members (excludes halogenated alkanes) is 3. The summed E-state index contributed by atoms with van der Waals surface area (Å²) in [6, 6.07) is 0. The predicted octanol–water partition coefficient (Wildman–Crippen LogP) is 2.78. The van der Waals surface area contributed by atoms with Crippen LogP contribution in [0.1, 0.15) is 66.2 Å². The van der Waals surface area contributed by atoms with Gasteiger partial charge in [0.2, 0.25) is 0 Å². The minimum Gasteiger partial charge on any atom is -0.466 e. The Balaban J connectivity index is 3.39. The minimum absolute atomic E-state index is 0.157. The summed E-state index contributed by atoms with van der Waals surface area (Å²) >= 11 is 0. The number of carbonyl (C=O) groups excluding carboxylic acids is 2. The highest BCUT2D eigenvalue weighted by molar-refractivity contribution is 5.69. The Morgan fingerprint density at radius 2 is 1.26 bits per heavy atom. The first kappa shape index (κ1) is 29.8. The number of carbonyl (C=O) groups is 2. The van der Waals surface area contributed by atoms with Gasteiger partial charge in [-0.05, 0) is 60.4 Å². The second-order valence-electron chi connectivity index (χ2n) is 8.25. The number of likely N-dealkylation sites (N-methyl/N-ethyl adjacent to an activating group) is 1. The Kier molecular flexibility index (Phi) is 19.9. The molecule has 8 heteroatoms. The smallest absolute Gasteiger partial charge is 0.307 e. The molecule has 0 unspecified atom stereocenters.